The van der Waals surface area contributed by atoms with Gasteiger partial charge in [-0.15, -0.1) is 0 Å². The van der Waals surface area contributed by atoms with Crippen molar-refractivity contribution in [3.8, 4) is 0 Å². The highest BCUT2D eigenvalue weighted by atomic mass is 16.5. The molecule has 104 valence electrons. The molecule has 5 nitrogen and oxygen atoms in total. The molecule has 0 aliphatic heterocycles. The second-order valence-electron chi connectivity index (χ2n) is 4.24. The van der Waals surface area contributed by atoms with Crippen LogP contribution in [0, 0.1) is 6.92 Å². The van der Waals surface area contributed by atoms with Gasteiger partial charge in [0.25, 0.3) is 0 Å². The van der Waals surface area contributed by atoms with Crippen molar-refractivity contribution in [2.75, 3.05) is 38.8 Å². The van der Waals surface area contributed by atoms with Gasteiger partial charge in [-0.25, -0.2) is 4.98 Å². The van der Waals surface area contributed by atoms with Crippen molar-refractivity contribution >= 4 is 5.95 Å². The molecule has 1 rings (SSSR count). The first-order valence-corrected chi connectivity index (χ1v) is 6.62. The summed E-state index contributed by atoms with van der Waals surface area (Å²) in [6.07, 6.45) is 4.25. The van der Waals surface area contributed by atoms with Crippen molar-refractivity contribution in [3.63, 3.8) is 0 Å². The Kier molecular flexibility index (Phi) is 7.44. The highest BCUT2D eigenvalue weighted by molar-refractivity contribution is 5.28. The van der Waals surface area contributed by atoms with E-state index in [0.717, 1.165) is 44.2 Å². The quantitative estimate of drug-likeness (QED) is 0.650. The predicted octanol–water partition coefficient (Wildman–Crippen LogP) is 2.07. The monoisotopic (exact) mass is 255 g/mol. The van der Waals surface area contributed by atoms with Crippen LogP contribution in [-0.2, 0) is 16.0 Å². The van der Waals surface area contributed by atoms with Gasteiger partial charge in [-0.3, -0.25) is 0 Å². The predicted molar refractivity (Wildman–Crippen MR) is 73.1 cm³/mol. The number of aryl methyl sites for hydroxylation is 2. The molecule has 0 spiro atoms. The van der Waals surface area contributed by atoms with Gasteiger partial charge in [0.1, 0.15) is 0 Å². The molecule has 5 heteroatoms. The van der Waals surface area contributed by atoms with Crippen molar-refractivity contribution in [3.05, 3.63) is 11.9 Å². The molecule has 0 saturated heterocycles. The molecule has 0 atom stereocenters. The number of hydrogen-bond acceptors (Lipinski definition) is 4. The minimum Gasteiger partial charge on any atom is -0.382 e. The summed E-state index contributed by atoms with van der Waals surface area (Å²) in [5, 5.41) is 3.27. The van der Waals surface area contributed by atoms with Gasteiger partial charge in [-0.05, 0) is 26.7 Å². The molecule has 18 heavy (non-hydrogen) atoms. The zero-order valence-electron chi connectivity index (χ0n) is 11.7. The molecule has 0 saturated carbocycles. The van der Waals surface area contributed by atoms with Gasteiger partial charge in [-0.2, -0.15) is 0 Å². The van der Waals surface area contributed by atoms with E-state index in [1.807, 2.05) is 6.92 Å². The number of rotatable bonds is 10. The average molecular weight is 255 g/mol. The van der Waals surface area contributed by atoms with Gasteiger partial charge >= 0.3 is 0 Å². The minimum atomic E-state index is 0.672. The summed E-state index contributed by atoms with van der Waals surface area (Å²) in [6, 6.07) is 0. The SMILES string of the molecule is CCNc1nc(C)cn1CCCCOCCOC. The lowest BCUT2D eigenvalue weighted by Crippen LogP contribution is -2.08. The van der Waals surface area contributed by atoms with Crippen LogP contribution in [0.3, 0.4) is 0 Å². The molecule has 0 aliphatic carbocycles. The first-order chi connectivity index (χ1) is 8.77. The Morgan fingerprint density at radius 2 is 2.11 bits per heavy atom. The maximum Gasteiger partial charge on any atom is 0.203 e. The van der Waals surface area contributed by atoms with E-state index in [0.29, 0.717) is 13.2 Å². The Hall–Kier alpha value is -1.07. The van der Waals surface area contributed by atoms with Gasteiger partial charge < -0.3 is 19.4 Å². The Bertz CT molecular complexity index is 326. The molecule has 1 N–H and O–H groups in total. The van der Waals surface area contributed by atoms with Gasteiger partial charge in [0.05, 0.1) is 18.9 Å². The fourth-order valence-corrected chi connectivity index (χ4v) is 1.75. The highest BCUT2D eigenvalue weighted by Gasteiger charge is 2.03. The van der Waals surface area contributed by atoms with E-state index >= 15 is 0 Å². The van der Waals surface area contributed by atoms with E-state index in [-0.39, 0.29) is 0 Å². The second-order valence-corrected chi connectivity index (χ2v) is 4.24. The molecule has 0 aliphatic rings. The summed E-state index contributed by atoms with van der Waals surface area (Å²) in [7, 11) is 1.69. The molecule has 0 amide bonds. The number of imidazole rings is 1. The molecule has 0 bridgehead atoms. The largest absolute Gasteiger partial charge is 0.382 e. The zero-order chi connectivity index (χ0) is 13.2. The number of ether oxygens (including phenoxy) is 2. The molecular formula is C13H25N3O2. The van der Waals surface area contributed by atoms with Crippen LogP contribution < -0.4 is 5.32 Å². The maximum atomic E-state index is 5.43. The maximum absolute atomic E-state index is 5.43. The fraction of sp³-hybridized carbons (Fsp3) is 0.769. The van der Waals surface area contributed by atoms with E-state index in [1.165, 1.54) is 0 Å². The lowest BCUT2D eigenvalue weighted by molar-refractivity contribution is 0.0684. The van der Waals surface area contributed by atoms with Gasteiger partial charge in [0, 0.05) is 33.0 Å². The second kappa shape index (κ2) is 8.94. The smallest absolute Gasteiger partial charge is 0.203 e. The fourth-order valence-electron chi connectivity index (χ4n) is 1.75. The molecule has 0 radical (unpaired) electrons. The van der Waals surface area contributed by atoms with Crippen LogP contribution in [0.5, 0.6) is 0 Å². The van der Waals surface area contributed by atoms with Crippen LogP contribution in [-0.4, -0.2) is 43.0 Å². The van der Waals surface area contributed by atoms with E-state index in [4.69, 9.17) is 9.47 Å². The minimum absolute atomic E-state index is 0.672. The molecule has 1 aromatic heterocycles. The Morgan fingerprint density at radius 1 is 1.28 bits per heavy atom. The van der Waals surface area contributed by atoms with Crippen LogP contribution in [0.4, 0.5) is 5.95 Å². The van der Waals surface area contributed by atoms with Gasteiger partial charge in [0.2, 0.25) is 5.95 Å². The molecule has 0 fully saturated rings. The van der Waals surface area contributed by atoms with Crippen molar-refractivity contribution in [2.45, 2.75) is 33.2 Å². The van der Waals surface area contributed by atoms with E-state index < -0.39 is 0 Å². The molecule has 0 aromatic carbocycles. The number of nitrogens with zero attached hydrogens (tertiary/aromatic N) is 2. The standard InChI is InChI=1S/C13H25N3O2/c1-4-14-13-15-12(2)11-16(13)7-5-6-8-18-10-9-17-3/h11H,4-10H2,1-3H3,(H,14,15). The Morgan fingerprint density at radius 3 is 2.83 bits per heavy atom. The lowest BCUT2D eigenvalue weighted by Gasteiger charge is -2.08. The number of methoxy groups -OCH3 is 1. The summed E-state index contributed by atoms with van der Waals surface area (Å²) in [4.78, 5) is 4.44. The normalized spacial score (nSPS) is 10.8. The molecule has 1 heterocycles. The van der Waals surface area contributed by atoms with Crippen LogP contribution in [0.2, 0.25) is 0 Å². The third-order valence-corrected chi connectivity index (χ3v) is 2.60. The third kappa shape index (κ3) is 5.51. The number of aromatic nitrogens is 2. The summed E-state index contributed by atoms with van der Waals surface area (Å²) in [5.41, 5.74) is 1.06. The first kappa shape index (κ1) is 15.0. The summed E-state index contributed by atoms with van der Waals surface area (Å²) in [6.45, 7) is 8.14. The average Bonchev–Trinajstić information content (AvgIpc) is 2.69. The zero-order valence-corrected chi connectivity index (χ0v) is 11.7. The Balaban J connectivity index is 2.18. The van der Waals surface area contributed by atoms with Crippen LogP contribution in [0.15, 0.2) is 6.20 Å². The van der Waals surface area contributed by atoms with Crippen molar-refractivity contribution < 1.29 is 9.47 Å². The molecular weight excluding hydrogens is 230 g/mol. The number of anilines is 1. The van der Waals surface area contributed by atoms with Crippen molar-refractivity contribution in [2.24, 2.45) is 0 Å². The van der Waals surface area contributed by atoms with Crippen LogP contribution in [0.25, 0.3) is 0 Å². The summed E-state index contributed by atoms with van der Waals surface area (Å²) in [5.74, 6) is 0.968. The van der Waals surface area contributed by atoms with E-state index in [1.54, 1.807) is 7.11 Å². The Labute approximate surface area is 109 Å². The number of unbranched alkanes of at least 4 members (excludes halogenated alkanes) is 1. The van der Waals surface area contributed by atoms with Crippen LogP contribution in [0.1, 0.15) is 25.5 Å². The molecule has 0 unspecified atom stereocenters. The first-order valence-electron chi connectivity index (χ1n) is 6.62. The topological polar surface area (TPSA) is 48.3 Å². The van der Waals surface area contributed by atoms with E-state index in [2.05, 4.69) is 28.0 Å². The highest BCUT2D eigenvalue weighted by Crippen LogP contribution is 2.09. The van der Waals surface area contributed by atoms with Gasteiger partial charge in [-0.1, -0.05) is 0 Å². The van der Waals surface area contributed by atoms with E-state index in [9.17, 15) is 0 Å². The summed E-state index contributed by atoms with van der Waals surface area (Å²) >= 11 is 0. The number of hydrogen-bond donors (Lipinski definition) is 1. The van der Waals surface area contributed by atoms with Crippen molar-refractivity contribution in [1.29, 1.82) is 0 Å². The van der Waals surface area contributed by atoms with Crippen molar-refractivity contribution in [1.82, 2.24) is 9.55 Å². The summed E-state index contributed by atoms with van der Waals surface area (Å²) < 4.78 is 12.5. The lowest BCUT2D eigenvalue weighted by atomic mass is 10.3. The number of nitrogens with one attached hydrogen (secondary N) is 1. The van der Waals surface area contributed by atoms with Gasteiger partial charge in [0.15, 0.2) is 0 Å². The van der Waals surface area contributed by atoms with Crippen LogP contribution >= 0.6 is 0 Å². The third-order valence-electron chi connectivity index (χ3n) is 2.60. The molecule has 1 aromatic rings.